The first-order valence-electron chi connectivity index (χ1n) is 9.42. The molecule has 0 spiro atoms. The molecule has 1 heterocycles. The molecular formula is C23H27CaNO5. The molecule has 0 aromatic heterocycles. The molecule has 2 aromatic rings. The van der Waals surface area contributed by atoms with Crippen LogP contribution >= 0.6 is 0 Å². The molecule has 1 unspecified atom stereocenters. The van der Waals surface area contributed by atoms with Crippen molar-refractivity contribution in [3.63, 3.8) is 0 Å². The second kappa shape index (κ2) is 13.7. The van der Waals surface area contributed by atoms with Crippen molar-refractivity contribution in [1.82, 2.24) is 0 Å². The Labute approximate surface area is 208 Å². The molecular weight excluding hydrogens is 410 g/mol. The van der Waals surface area contributed by atoms with Gasteiger partial charge in [0.05, 0.1) is 24.7 Å². The fourth-order valence-electron chi connectivity index (χ4n) is 3.14. The minimum atomic E-state index is -0.450. The number of nitro groups is 1. The summed E-state index contributed by atoms with van der Waals surface area (Å²) in [5.41, 5.74) is 1.57. The summed E-state index contributed by atoms with van der Waals surface area (Å²) in [6.45, 7) is 1.46. The summed E-state index contributed by atoms with van der Waals surface area (Å²) in [5.74, 6) is 0.992. The van der Waals surface area contributed by atoms with Crippen LogP contribution in [0.4, 0.5) is 5.69 Å². The molecule has 1 atom stereocenters. The van der Waals surface area contributed by atoms with Gasteiger partial charge in [-0.15, -0.1) is 23.8 Å². The quantitative estimate of drug-likeness (QED) is 0.191. The van der Waals surface area contributed by atoms with Crippen LogP contribution in [0.2, 0.25) is 0 Å². The Kier molecular flexibility index (Phi) is 12.0. The molecule has 1 fully saturated rings. The van der Waals surface area contributed by atoms with Crippen molar-refractivity contribution in [3.8, 4) is 11.5 Å². The smallest absolute Gasteiger partial charge is 0.551 e. The number of ether oxygens (including phenoxy) is 3. The average Bonchev–Trinajstić information content (AvgIpc) is 2.73. The van der Waals surface area contributed by atoms with E-state index in [2.05, 4.69) is 6.07 Å². The van der Waals surface area contributed by atoms with E-state index in [9.17, 15) is 10.1 Å². The van der Waals surface area contributed by atoms with Gasteiger partial charge in [-0.05, 0) is 30.9 Å². The van der Waals surface area contributed by atoms with E-state index in [1.807, 2.05) is 24.3 Å². The maximum absolute atomic E-state index is 11.1. The molecule has 1 saturated heterocycles. The van der Waals surface area contributed by atoms with Gasteiger partial charge in [0.25, 0.3) is 0 Å². The minimum absolute atomic E-state index is 0. The molecule has 156 valence electrons. The number of benzene rings is 2. The van der Waals surface area contributed by atoms with E-state index in [1.54, 1.807) is 18.2 Å². The molecule has 0 aliphatic carbocycles. The molecule has 3 rings (SSSR count). The number of methoxy groups -OCH3 is 1. The molecule has 0 amide bonds. The van der Waals surface area contributed by atoms with Gasteiger partial charge in [-0.1, -0.05) is 12.1 Å². The van der Waals surface area contributed by atoms with Crippen molar-refractivity contribution < 1.29 is 19.1 Å². The standard InChI is InChI=1S/C22H24NO5.CH3.Ca/c1-26-22-11-10-18(16-21(22)23(24)25)9-8-17-5-4-7-20(15-17)28-14-12-19-6-2-3-13-27-19;;/h5,7-11,15-16,19H,2-3,6,12-14H2,1H3;1H3;/q2*-1;+2/b9-8-;;. The van der Waals surface area contributed by atoms with Crippen LogP contribution in [0.15, 0.2) is 36.4 Å². The molecule has 1 aliphatic rings. The van der Waals surface area contributed by atoms with Gasteiger partial charge < -0.3 is 21.6 Å². The number of hydrogen-bond donors (Lipinski definition) is 0. The first-order valence-corrected chi connectivity index (χ1v) is 9.42. The third-order valence-electron chi connectivity index (χ3n) is 4.63. The van der Waals surface area contributed by atoms with Gasteiger partial charge in [-0.3, -0.25) is 10.1 Å². The fourth-order valence-corrected chi connectivity index (χ4v) is 3.14. The van der Waals surface area contributed by atoms with Crippen LogP contribution in [-0.2, 0) is 4.74 Å². The third-order valence-corrected chi connectivity index (χ3v) is 4.63. The molecule has 7 heteroatoms. The Morgan fingerprint density at radius 1 is 1.23 bits per heavy atom. The molecule has 0 bridgehead atoms. The van der Waals surface area contributed by atoms with Crippen molar-refractivity contribution in [2.45, 2.75) is 31.8 Å². The van der Waals surface area contributed by atoms with Crippen LogP contribution in [0, 0.1) is 23.6 Å². The zero-order valence-electron chi connectivity index (χ0n) is 17.6. The normalized spacial score (nSPS) is 15.7. The monoisotopic (exact) mass is 437 g/mol. The zero-order chi connectivity index (χ0) is 19.8. The van der Waals surface area contributed by atoms with Crippen molar-refractivity contribution in [1.29, 1.82) is 0 Å². The Morgan fingerprint density at radius 2 is 2.03 bits per heavy atom. The Bertz CT molecular complexity index is 834. The maximum Gasteiger partial charge on any atom is 2.00 e. The summed E-state index contributed by atoms with van der Waals surface area (Å²) >= 11 is 0. The second-order valence-electron chi connectivity index (χ2n) is 6.65. The first kappa shape index (κ1) is 26.4. The summed E-state index contributed by atoms with van der Waals surface area (Å²) in [4.78, 5) is 10.7. The summed E-state index contributed by atoms with van der Waals surface area (Å²) in [5, 5.41) is 11.1. The van der Waals surface area contributed by atoms with Crippen molar-refractivity contribution in [3.05, 3.63) is 71.1 Å². The van der Waals surface area contributed by atoms with Crippen LogP contribution in [0.5, 0.6) is 11.5 Å². The molecule has 0 N–H and O–H groups in total. The van der Waals surface area contributed by atoms with E-state index in [1.165, 1.54) is 19.6 Å². The van der Waals surface area contributed by atoms with Crippen molar-refractivity contribution in [2.75, 3.05) is 20.3 Å². The summed E-state index contributed by atoms with van der Waals surface area (Å²) in [6.07, 6.45) is 8.35. The van der Waals surface area contributed by atoms with Gasteiger partial charge in [0, 0.05) is 24.8 Å². The van der Waals surface area contributed by atoms with Crippen LogP contribution in [0.3, 0.4) is 0 Å². The number of rotatable bonds is 8. The van der Waals surface area contributed by atoms with E-state index >= 15 is 0 Å². The molecule has 1 aliphatic heterocycles. The van der Waals surface area contributed by atoms with Crippen LogP contribution < -0.4 is 9.47 Å². The number of hydrogen-bond acceptors (Lipinski definition) is 5. The Hall–Kier alpha value is -1.60. The zero-order valence-corrected chi connectivity index (χ0v) is 19.8. The largest absolute Gasteiger partial charge is 2.00 e. The summed E-state index contributed by atoms with van der Waals surface area (Å²) < 4.78 is 16.6. The number of nitrogens with zero attached hydrogens (tertiary/aromatic N) is 1. The first-order chi connectivity index (χ1) is 13.7. The van der Waals surface area contributed by atoms with E-state index < -0.39 is 4.92 Å². The van der Waals surface area contributed by atoms with E-state index in [4.69, 9.17) is 14.2 Å². The van der Waals surface area contributed by atoms with Gasteiger partial charge >= 0.3 is 43.4 Å². The Morgan fingerprint density at radius 3 is 2.73 bits per heavy atom. The van der Waals surface area contributed by atoms with Gasteiger partial charge in [-0.2, -0.15) is 12.1 Å². The van der Waals surface area contributed by atoms with Crippen molar-refractivity contribution >= 4 is 55.6 Å². The predicted octanol–water partition coefficient (Wildman–Crippen LogP) is 4.98. The van der Waals surface area contributed by atoms with E-state index in [0.29, 0.717) is 18.3 Å². The SMILES string of the molecule is COc1ccc(/C=C\c2c[c-]cc(OCCC3CCCCO3)c2)cc1[N+](=O)[O-].[CH3-].[Ca+2]. The summed E-state index contributed by atoms with van der Waals surface area (Å²) in [6, 6.07) is 13.5. The van der Waals surface area contributed by atoms with Crippen LogP contribution in [0.25, 0.3) is 12.2 Å². The minimum Gasteiger partial charge on any atom is -0.551 e. The molecule has 0 saturated carbocycles. The van der Waals surface area contributed by atoms with E-state index in [0.717, 1.165) is 37.2 Å². The predicted molar refractivity (Wildman–Crippen MR) is 120 cm³/mol. The maximum atomic E-state index is 11.1. The van der Waals surface area contributed by atoms with Gasteiger partial charge in [0.2, 0.25) is 0 Å². The van der Waals surface area contributed by atoms with Crippen LogP contribution in [-0.4, -0.2) is 69.1 Å². The van der Waals surface area contributed by atoms with Gasteiger partial charge in [0.1, 0.15) is 0 Å². The van der Waals surface area contributed by atoms with Gasteiger partial charge in [-0.25, -0.2) is 0 Å². The molecule has 30 heavy (non-hydrogen) atoms. The number of nitro benzene ring substituents is 1. The topological polar surface area (TPSA) is 70.8 Å². The average molecular weight is 438 g/mol. The fraction of sp³-hybridized carbons (Fsp3) is 0.348. The summed E-state index contributed by atoms with van der Waals surface area (Å²) in [7, 11) is 1.42. The van der Waals surface area contributed by atoms with Gasteiger partial charge in [0.15, 0.2) is 5.75 Å². The second-order valence-corrected chi connectivity index (χ2v) is 6.65. The van der Waals surface area contributed by atoms with Crippen molar-refractivity contribution in [2.24, 2.45) is 0 Å². The van der Waals surface area contributed by atoms with E-state index in [-0.39, 0.29) is 56.6 Å². The molecule has 2 aromatic carbocycles. The Balaban J connectivity index is 0.00000225. The van der Waals surface area contributed by atoms with Crippen LogP contribution in [0.1, 0.15) is 36.8 Å². The third kappa shape index (κ3) is 7.91. The molecule has 0 radical (unpaired) electrons. The molecule has 6 nitrogen and oxygen atoms in total.